The van der Waals surface area contributed by atoms with Crippen molar-refractivity contribution in [2.45, 2.75) is 19.8 Å². The van der Waals surface area contributed by atoms with Gasteiger partial charge in [-0.3, -0.25) is 4.90 Å². The van der Waals surface area contributed by atoms with Crippen molar-refractivity contribution < 1.29 is 9.84 Å². The first-order valence-corrected chi connectivity index (χ1v) is 5.88. The Hall–Kier alpha value is -0.160. The molecule has 0 aromatic rings. The molecule has 0 aromatic heterocycles. The lowest BCUT2D eigenvalue weighted by molar-refractivity contribution is 0.130. The fourth-order valence-corrected chi connectivity index (χ4v) is 1.43. The number of aliphatic hydroxyl groups is 1. The van der Waals surface area contributed by atoms with Gasteiger partial charge in [0.1, 0.15) is 0 Å². The van der Waals surface area contributed by atoms with E-state index >= 15 is 0 Å². The maximum absolute atomic E-state index is 8.88. The minimum Gasteiger partial charge on any atom is -0.395 e. The second kappa shape index (κ2) is 11.9. The molecule has 0 aromatic carbocycles. The molecular formula is C11H26N2O2. The van der Waals surface area contributed by atoms with E-state index in [9.17, 15) is 0 Å². The lowest BCUT2D eigenvalue weighted by Gasteiger charge is -2.20. The molecule has 0 aliphatic heterocycles. The lowest BCUT2D eigenvalue weighted by Crippen LogP contribution is -2.32. The molecular weight excluding hydrogens is 192 g/mol. The van der Waals surface area contributed by atoms with Gasteiger partial charge < -0.3 is 15.2 Å². The average molecular weight is 218 g/mol. The predicted molar refractivity (Wildman–Crippen MR) is 63.2 cm³/mol. The summed E-state index contributed by atoms with van der Waals surface area (Å²) in [6.45, 7) is 7.97. The van der Waals surface area contributed by atoms with Crippen LogP contribution >= 0.6 is 0 Å². The Balaban J connectivity index is 3.38. The van der Waals surface area contributed by atoms with Gasteiger partial charge in [-0.1, -0.05) is 6.92 Å². The standard InChI is InChI=1S/C11H26N2O2/c1-3-5-12-6-4-7-13(8-10-14)9-11-15-2/h12,14H,3-11H2,1-2H3. The summed E-state index contributed by atoms with van der Waals surface area (Å²) in [4.78, 5) is 2.23. The molecule has 0 bridgehead atoms. The molecule has 0 aliphatic carbocycles. The van der Waals surface area contributed by atoms with Gasteiger partial charge in [0.05, 0.1) is 13.2 Å². The monoisotopic (exact) mass is 218 g/mol. The molecule has 92 valence electrons. The Morgan fingerprint density at radius 1 is 1.20 bits per heavy atom. The van der Waals surface area contributed by atoms with Gasteiger partial charge in [-0.15, -0.1) is 0 Å². The zero-order valence-electron chi connectivity index (χ0n) is 10.2. The van der Waals surface area contributed by atoms with E-state index in [0.29, 0.717) is 0 Å². The molecule has 0 saturated heterocycles. The maximum Gasteiger partial charge on any atom is 0.0589 e. The Bertz CT molecular complexity index is 123. The van der Waals surface area contributed by atoms with E-state index in [4.69, 9.17) is 9.84 Å². The van der Waals surface area contributed by atoms with Gasteiger partial charge in [-0.2, -0.15) is 0 Å². The van der Waals surface area contributed by atoms with Crippen molar-refractivity contribution in [2.75, 3.05) is 53.0 Å². The Kier molecular flexibility index (Phi) is 11.8. The molecule has 0 fully saturated rings. The second-order valence-corrected chi connectivity index (χ2v) is 3.66. The van der Waals surface area contributed by atoms with E-state index in [0.717, 1.165) is 45.8 Å². The molecule has 4 heteroatoms. The third-order valence-electron chi connectivity index (χ3n) is 2.28. The lowest BCUT2D eigenvalue weighted by atomic mass is 10.3. The van der Waals surface area contributed by atoms with Crippen LogP contribution in [0.5, 0.6) is 0 Å². The highest BCUT2D eigenvalue weighted by atomic mass is 16.5. The number of ether oxygens (including phenoxy) is 1. The fraction of sp³-hybridized carbons (Fsp3) is 1.00. The zero-order valence-corrected chi connectivity index (χ0v) is 10.2. The number of nitrogens with one attached hydrogen (secondary N) is 1. The first kappa shape index (κ1) is 14.8. The van der Waals surface area contributed by atoms with Gasteiger partial charge in [0.2, 0.25) is 0 Å². The number of rotatable bonds is 11. The minimum absolute atomic E-state index is 0.228. The number of hydrogen-bond acceptors (Lipinski definition) is 4. The third-order valence-corrected chi connectivity index (χ3v) is 2.28. The van der Waals surface area contributed by atoms with E-state index in [2.05, 4.69) is 17.1 Å². The fourth-order valence-electron chi connectivity index (χ4n) is 1.43. The van der Waals surface area contributed by atoms with Crippen molar-refractivity contribution in [3.8, 4) is 0 Å². The van der Waals surface area contributed by atoms with E-state index < -0.39 is 0 Å². The highest BCUT2D eigenvalue weighted by Crippen LogP contribution is 1.91. The molecule has 4 nitrogen and oxygen atoms in total. The topological polar surface area (TPSA) is 44.7 Å². The number of hydrogen-bond donors (Lipinski definition) is 2. The van der Waals surface area contributed by atoms with Crippen molar-refractivity contribution in [3.05, 3.63) is 0 Å². The number of methoxy groups -OCH3 is 1. The summed E-state index contributed by atoms with van der Waals surface area (Å²) in [5.41, 5.74) is 0. The minimum atomic E-state index is 0.228. The van der Waals surface area contributed by atoms with Gasteiger partial charge in [0.15, 0.2) is 0 Å². The molecule has 15 heavy (non-hydrogen) atoms. The van der Waals surface area contributed by atoms with E-state index in [1.807, 2.05) is 0 Å². The largest absolute Gasteiger partial charge is 0.395 e. The Morgan fingerprint density at radius 3 is 2.60 bits per heavy atom. The van der Waals surface area contributed by atoms with Crippen LogP contribution in [-0.4, -0.2) is 63.1 Å². The van der Waals surface area contributed by atoms with Gasteiger partial charge in [-0.25, -0.2) is 0 Å². The molecule has 0 rings (SSSR count). The van der Waals surface area contributed by atoms with Gasteiger partial charge in [0.25, 0.3) is 0 Å². The van der Waals surface area contributed by atoms with Crippen LogP contribution in [0.25, 0.3) is 0 Å². The summed E-state index contributed by atoms with van der Waals surface area (Å²) in [6, 6.07) is 0. The van der Waals surface area contributed by atoms with Crippen molar-refractivity contribution in [1.29, 1.82) is 0 Å². The first-order chi connectivity index (χ1) is 7.35. The quantitative estimate of drug-likeness (QED) is 0.490. The van der Waals surface area contributed by atoms with Crippen molar-refractivity contribution in [3.63, 3.8) is 0 Å². The van der Waals surface area contributed by atoms with Crippen LogP contribution in [0, 0.1) is 0 Å². The molecule has 0 heterocycles. The number of nitrogens with zero attached hydrogens (tertiary/aromatic N) is 1. The van der Waals surface area contributed by atoms with Gasteiger partial charge >= 0.3 is 0 Å². The van der Waals surface area contributed by atoms with E-state index in [-0.39, 0.29) is 6.61 Å². The van der Waals surface area contributed by atoms with Gasteiger partial charge in [-0.05, 0) is 32.5 Å². The van der Waals surface area contributed by atoms with Crippen LogP contribution in [0.2, 0.25) is 0 Å². The van der Waals surface area contributed by atoms with Crippen LogP contribution in [-0.2, 0) is 4.74 Å². The molecule has 0 aliphatic rings. The van der Waals surface area contributed by atoms with Crippen LogP contribution in [0.4, 0.5) is 0 Å². The Labute approximate surface area is 93.6 Å². The van der Waals surface area contributed by atoms with E-state index in [1.165, 1.54) is 6.42 Å². The smallest absolute Gasteiger partial charge is 0.0589 e. The zero-order chi connectivity index (χ0) is 11.4. The van der Waals surface area contributed by atoms with Gasteiger partial charge in [0, 0.05) is 20.2 Å². The summed E-state index contributed by atoms with van der Waals surface area (Å²) in [6.07, 6.45) is 2.31. The SMILES string of the molecule is CCCNCCCN(CCO)CCOC. The highest BCUT2D eigenvalue weighted by molar-refractivity contribution is 4.58. The van der Waals surface area contributed by atoms with E-state index in [1.54, 1.807) is 7.11 Å². The van der Waals surface area contributed by atoms with Crippen molar-refractivity contribution in [2.24, 2.45) is 0 Å². The summed E-state index contributed by atoms with van der Waals surface area (Å²) in [7, 11) is 1.71. The predicted octanol–water partition coefficient (Wildman–Crippen LogP) is 0.317. The van der Waals surface area contributed by atoms with Crippen LogP contribution < -0.4 is 5.32 Å². The summed E-state index contributed by atoms with van der Waals surface area (Å²) in [5, 5.41) is 12.2. The summed E-state index contributed by atoms with van der Waals surface area (Å²) in [5.74, 6) is 0. The highest BCUT2D eigenvalue weighted by Gasteiger charge is 2.02. The third kappa shape index (κ3) is 10.1. The first-order valence-electron chi connectivity index (χ1n) is 5.88. The Morgan fingerprint density at radius 2 is 2.00 bits per heavy atom. The van der Waals surface area contributed by atoms with Crippen molar-refractivity contribution >= 4 is 0 Å². The second-order valence-electron chi connectivity index (χ2n) is 3.66. The maximum atomic E-state index is 8.88. The normalized spacial score (nSPS) is 11.2. The van der Waals surface area contributed by atoms with Crippen LogP contribution in [0.15, 0.2) is 0 Å². The van der Waals surface area contributed by atoms with Crippen LogP contribution in [0.3, 0.4) is 0 Å². The summed E-state index contributed by atoms with van der Waals surface area (Å²) < 4.78 is 5.02. The molecule has 0 radical (unpaired) electrons. The molecule has 0 unspecified atom stereocenters. The average Bonchev–Trinajstić information content (AvgIpc) is 2.25. The molecule has 0 atom stereocenters. The molecule has 0 spiro atoms. The van der Waals surface area contributed by atoms with Crippen LogP contribution in [0.1, 0.15) is 19.8 Å². The summed E-state index contributed by atoms with van der Waals surface area (Å²) >= 11 is 0. The molecule has 0 amide bonds. The van der Waals surface area contributed by atoms with Crippen molar-refractivity contribution in [1.82, 2.24) is 10.2 Å². The molecule has 2 N–H and O–H groups in total. The molecule has 0 saturated carbocycles. The number of aliphatic hydroxyl groups excluding tert-OH is 1.